The molecule has 100 valence electrons. The van der Waals surface area contributed by atoms with Gasteiger partial charge in [-0.25, -0.2) is 4.99 Å². The van der Waals surface area contributed by atoms with Gasteiger partial charge in [0.1, 0.15) is 11.6 Å². The summed E-state index contributed by atoms with van der Waals surface area (Å²) in [6, 6.07) is 2.16. The monoisotopic (exact) mass is 412 g/mol. The molecule has 0 aliphatic heterocycles. The minimum Gasteiger partial charge on any atom is -0.406 e. The van der Waals surface area contributed by atoms with E-state index in [-0.39, 0.29) is 22.4 Å². The minimum absolute atomic E-state index is 0.00535. The number of amidine groups is 1. The maximum Gasteiger partial charge on any atom is 0.573 e. The molecule has 0 bridgehead atoms. The Kier molecular flexibility index (Phi) is 5.35. The molecule has 0 spiro atoms. The number of halogens is 6. The van der Waals surface area contributed by atoms with Crippen molar-refractivity contribution in [3.8, 4) is 5.75 Å². The highest BCUT2D eigenvalue weighted by atomic mass is 127. The molecule has 0 amide bonds. The number of nitrogens with two attached hydrogens (primary N) is 1. The van der Waals surface area contributed by atoms with Gasteiger partial charge >= 0.3 is 6.36 Å². The number of aliphatic imine (C=N–C) groups is 1. The molecule has 0 aliphatic rings. The topological polar surface area (TPSA) is 47.6 Å². The molecule has 0 saturated carbocycles. The van der Waals surface area contributed by atoms with Gasteiger partial charge in [-0.2, -0.15) is 0 Å². The molecule has 0 fully saturated rings. The standard InChI is InChI=1S/C9H6Cl2F3IN2O/c10-3-7(16)17-8-5(11)1-4(2-6(8)15)18-9(12,13)14/h1-2H,3H2,(H2,16,17). The minimum atomic E-state index is -4.77. The number of rotatable bonds is 3. The first kappa shape index (κ1) is 15.6. The number of nitrogens with zero attached hydrogens (tertiary/aromatic N) is 1. The van der Waals surface area contributed by atoms with Crippen LogP contribution in [0.25, 0.3) is 0 Å². The highest BCUT2D eigenvalue weighted by Gasteiger charge is 2.31. The van der Waals surface area contributed by atoms with Crippen LogP contribution in [0, 0.1) is 3.57 Å². The number of benzene rings is 1. The van der Waals surface area contributed by atoms with Crippen molar-refractivity contribution in [2.75, 3.05) is 5.88 Å². The van der Waals surface area contributed by atoms with Gasteiger partial charge in [-0.1, -0.05) is 11.6 Å². The molecule has 2 N–H and O–H groups in total. The van der Waals surface area contributed by atoms with Crippen LogP contribution < -0.4 is 10.5 Å². The molecule has 1 aromatic carbocycles. The van der Waals surface area contributed by atoms with Crippen molar-refractivity contribution in [1.82, 2.24) is 0 Å². The Hall–Kier alpha value is -0.410. The fourth-order valence-electron chi connectivity index (χ4n) is 1.02. The summed E-state index contributed by atoms with van der Waals surface area (Å²) in [5, 5.41) is -0.00535. The van der Waals surface area contributed by atoms with Crippen molar-refractivity contribution < 1.29 is 17.9 Å². The Labute approximate surface area is 124 Å². The fraction of sp³-hybridized carbons (Fsp3) is 0.222. The molecule has 3 nitrogen and oxygen atoms in total. The van der Waals surface area contributed by atoms with Crippen LogP contribution in [0.2, 0.25) is 5.02 Å². The van der Waals surface area contributed by atoms with E-state index in [1.165, 1.54) is 0 Å². The van der Waals surface area contributed by atoms with Crippen LogP contribution in [0.4, 0.5) is 18.9 Å². The van der Waals surface area contributed by atoms with Gasteiger partial charge in [-0.05, 0) is 28.7 Å². The molecular weight excluding hydrogens is 407 g/mol. The van der Waals surface area contributed by atoms with Crippen LogP contribution >= 0.6 is 45.8 Å². The SMILES string of the molecule is NC(CCl)=Nc1c(Cl)cc(OC(F)(F)F)cc1I. The second kappa shape index (κ2) is 6.16. The lowest BCUT2D eigenvalue weighted by Gasteiger charge is -2.11. The molecule has 0 aliphatic carbocycles. The normalized spacial score (nSPS) is 12.7. The molecular formula is C9H6Cl2F3IN2O. The van der Waals surface area contributed by atoms with E-state index < -0.39 is 12.1 Å². The third-order valence-corrected chi connectivity index (χ3v) is 3.00. The van der Waals surface area contributed by atoms with Crippen LogP contribution in [0.3, 0.4) is 0 Å². The molecule has 0 heterocycles. The Balaban J connectivity index is 3.13. The third kappa shape index (κ3) is 4.69. The summed E-state index contributed by atoms with van der Waals surface area (Å²) in [6.07, 6.45) is -4.77. The molecule has 0 saturated heterocycles. The van der Waals surface area contributed by atoms with Gasteiger partial charge in [0.25, 0.3) is 0 Å². The summed E-state index contributed by atoms with van der Waals surface area (Å²) in [6.45, 7) is 0. The maximum absolute atomic E-state index is 12.0. The summed E-state index contributed by atoms with van der Waals surface area (Å²) in [7, 11) is 0. The molecule has 1 aromatic rings. The molecule has 0 unspecified atom stereocenters. The van der Waals surface area contributed by atoms with E-state index in [4.69, 9.17) is 28.9 Å². The van der Waals surface area contributed by atoms with Crippen molar-refractivity contribution in [1.29, 1.82) is 0 Å². The molecule has 1 rings (SSSR count). The van der Waals surface area contributed by atoms with Crippen LogP contribution in [0.5, 0.6) is 5.75 Å². The predicted octanol–water partition coefficient (Wildman–Crippen LogP) is 4.07. The number of ether oxygens (including phenoxy) is 1. The number of hydrogen-bond acceptors (Lipinski definition) is 2. The fourth-order valence-corrected chi connectivity index (χ4v) is 2.20. The maximum atomic E-state index is 12.0. The summed E-state index contributed by atoms with van der Waals surface area (Å²) in [4.78, 5) is 3.90. The summed E-state index contributed by atoms with van der Waals surface area (Å²) in [5.74, 6) is -0.311. The van der Waals surface area contributed by atoms with Crippen molar-refractivity contribution in [3.63, 3.8) is 0 Å². The molecule has 0 atom stereocenters. The van der Waals surface area contributed by atoms with E-state index in [2.05, 4.69) is 9.73 Å². The van der Waals surface area contributed by atoms with E-state index in [0.717, 1.165) is 12.1 Å². The van der Waals surface area contributed by atoms with Crippen molar-refractivity contribution in [3.05, 3.63) is 20.7 Å². The lowest BCUT2D eigenvalue weighted by atomic mass is 10.3. The lowest BCUT2D eigenvalue weighted by Crippen LogP contribution is -2.17. The quantitative estimate of drug-likeness (QED) is 0.352. The summed E-state index contributed by atoms with van der Waals surface area (Å²) < 4.78 is 40.2. The van der Waals surface area contributed by atoms with Gasteiger partial charge < -0.3 is 10.5 Å². The van der Waals surface area contributed by atoms with Gasteiger partial charge in [0.05, 0.1) is 16.6 Å². The largest absolute Gasteiger partial charge is 0.573 e. The van der Waals surface area contributed by atoms with Crippen molar-refractivity contribution in [2.24, 2.45) is 10.7 Å². The predicted molar refractivity (Wildman–Crippen MR) is 72.9 cm³/mol. The zero-order valence-electron chi connectivity index (χ0n) is 8.56. The highest BCUT2D eigenvalue weighted by molar-refractivity contribution is 14.1. The van der Waals surface area contributed by atoms with Gasteiger partial charge in [0.15, 0.2) is 0 Å². The van der Waals surface area contributed by atoms with E-state index in [1.807, 2.05) is 0 Å². The molecule has 9 heteroatoms. The Morgan fingerprint density at radius 3 is 2.50 bits per heavy atom. The van der Waals surface area contributed by atoms with E-state index in [9.17, 15) is 13.2 Å². The first-order valence-electron chi connectivity index (χ1n) is 4.36. The van der Waals surface area contributed by atoms with Gasteiger partial charge in [0, 0.05) is 9.64 Å². The zero-order chi connectivity index (χ0) is 13.9. The smallest absolute Gasteiger partial charge is 0.406 e. The Morgan fingerprint density at radius 1 is 1.44 bits per heavy atom. The molecule has 0 aromatic heterocycles. The van der Waals surface area contributed by atoms with Crippen LogP contribution in [-0.2, 0) is 0 Å². The second-order valence-corrected chi connectivity index (χ2v) is 4.86. The Bertz CT molecular complexity index is 456. The summed E-state index contributed by atoms with van der Waals surface area (Å²) in [5.41, 5.74) is 5.68. The van der Waals surface area contributed by atoms with E-state index in [0.29, 0.717) is 3.57 Å². The van der Waals surface area contributed by atoms with Crippen molar-refractivity contribution >= 4 is 57.3 Å². The van der Waals surface area contributed by atoms with Crippen LogP contribution in [-0.4, -0.2) is 18.1 Å². The number of alkyl halides is 4. The third-order valence-electron chi connectivity index (χ3n) is 1.62. The second-order valence-electron chi connectivity index (χ2n) is 3.02. The lowest BCUT2D eigenvalue weighted by molar-refractivity contribution is -0.274. The zero-order valence-corrected chi connectivity index (χ0v) is 12.2. The van der Waals surface area contributed by atoms with Gasteiger partial charge in [-0.3, -0.25) is 0 Å². The summed E-state index contributed by atoms with van der Waals surface area (Å²) >= 11 is 13.0. The average molecular weight is 413 g/mol. The highest BCUT2D eigenvalue weighted by Crippen LogP contribution is 2.36. The van der Waals surface area contributed by atoms with Crippen LogP contribution in [0.15, 0.2) is 17.1 Å². The Morgan fingerprint density at radius 2 is 2.06 bits per heavy atom. The molecule has 18 heavy (non-hydrogen) atoms. The van der Waals surface area contributed by atoms with E-state index in [1.54, 1.807) is 22.6 Å². The molecule has 0 radical (unpaired) electrons. The van der Waals surface area contributed by atoms with Gasteiger partial charge in [-0.15, -0.1) is 24.8 Å². The first-order valence-corrected chi connectivity index (χ1v) is 6.36. The van der Waals surface area contributed by atoms with E-state index >= 15 is 0 Å². The van der Waals surface area contributed by atoms with Gasteiger partial charge in [0.2, 0.25) is 0 Å². The van der Waals surface area contributed by atoms with Crippen molar-refractivity contribution in [2.45, 2.75) is 6.36 Å². The first-order chi connectivity index (χ1) is 8.23. The van der Waals surface area contributed by atoms with Crippen LogP contribution in [0.1, 0.15) is 0 Å². The number of hydrogen-bond donors (Lipinski definition) is 1. The average Bonchev–Trinajstić information content (AvgIpc) is 2.20.